The normalized spacial score (nSPS) is 15.9. The molecule has 0 heterocycles. The third-order valence-electron chi connectivity index (χ3n) is 2.69. The van der Waals surface area contributed by atoms with Crippen molar-refractivity contribution < 1.29 is 9.18 Å². The molecule has 4 heteroatoms. The summed E-state index contributed by atoms with van der Waals surface area (Å²) in [6.45, 7) is 0. The van der Waals surface area contributed by atoms with Crippen LogP contribution >= 0.6 is 22.6 Å². The number of halogens is 2. The van der Waals surface area contributed by atoms with Gasteiger partial charge in [0.25, 0.3) is 0 Å². The first-order valence-electron chi connectivity index (χ1n) is 4.93. The Labute approximate surface area is 101 Å². The van der Waals surface area contributed by atoms with Crippen molar-refractivity contribution in [3.63, 3.8) is 0 Å². The lowest BCUT2D eigenvalue weighted by molar-refractivity contribution is -0.122. The van der Waals surface area contributed by atoms with Gasteiger partial charge in [0.05, 0.1) is 9.26 Å². The number of benzene rings is 1. The number of amides is 1. The highest BCUT2D eigenvalue weighted by Crippen LogP contribution is 2.28. The van der Waals surface area contributed by atoms with Crippen LogP contribution in [0.2, 0.25) is 0 Å². The van der Waals surface area contributed by atoms with E-state index in [1.165, 1.54) is 6.07 Å². The molecular formula is C11H11FINO. The van der Waals surface area contributed by atoms with Crippen LogP contribution in [0.3, 0.4) is 0 Å². The summed E-state index contributed by atoms with van der Waals surface area (Å²) in [7, 11) is 0. The lowest BCUT2D eigenvalue weighted by atomic mass is 9.85. The maximum Gasteiger partial charge on any atom is 0.227 e. The molecule has 1 saturated carbocycles. The second-order valence-electron chi connectivity index (χ2n) is 3.72. The van der Waals surface area contributed by atoms with Crippen molar-refractivity contribution in [3.8, 4) is 0 Å². The van der Waals surface area contributed by atoms with Gasteiger partial charge in [-0.15, -0.1) is 0 Å². The number of carbonyl (C=O) groups excluding carboxylic acids is 1. The molecule has 2 rings (SSSR count). The fourth-order valence-electron chi connectivity index (χ4n) is 1.51. The van der Waals surface area contributed by atoms with E-state index in [2.05, 4.69) is 5.32 Å². The number of rotatable bonds is 2. The van der Waals surface area contributed by atoms with Crippen molar-refractivity contribution in [2.45, 2.75) is 19.3 Å². The van der Waals surface area contributed by atoms with Crippen LogP contribution in [-0.4, -0.2) is 5.91 Å². The molecule has 15 heavy (non-hydrogen) atoms. The summed E-state index contributed by atoms with van der Waals surface area (Å²) in [5, 5.41) is 2.77. The average molecular weight is 319 g/mol. The standard InChI is InChI=1S/C11H11FINO/c12-8-5-2-6-9(10(8)13)14-11(15)7-3-1-4-7/h2,5-7H,1,3-4H2,(H,14,15). The van der Waals surface area contributed by atoms with Gasteiger partial charge in [-0.2, -0.15) is 0 Å². The fraction of sp³-hybridized carbons (Fsp3) is 0.364. The monoisotopic (exact) mass is 319 g/mol. The smallest absolute Gasteiger partial charge is 0.227 e. The molecule has 1 fully saturated rings. The SMILES string of the molecule is O=C(Nc1cccc(F)c1I)C1CCC1. The summed E-state index contributed by atoms with van der Waals surface area (Å²) in [5.74, 6) is -0.143. The molecule has 0 spiro atoms. The number of anilines is 1. The molecule has 1 aliphatic rings. The van der Waals surface area contributed by atoms with E-state index in [4.69, 9.17) is 0 Å². The molecule has 0 radical (unpaired) electrons. The molecule has 1 aliphatic carbocycles. The van der Waals surface area contributed by atoms with Gasteiger partial charge in [0, 0.05) is 5.92 Å². The van der Waals surface area contributed by atoms with Crippen LogP contribution < -0.4 is 5.32 Å². The molecule has 1 aromatic rings. The van der Waals surface area contributed by atoms with Crippen LogP contribution in [0.15, 0.2) is 18.2 Å². The minimum atomic E-state index is -0.290. The third kappa shape index (κ3) is 2.30. The first-order chi connectivity index (χ1) is 7.18. The van der Waals surface area contributed by atoms with Crippen molar-refractivity contribution in [1.29, 1.82) is 0 Å². The minimum Gasteiger partial charge on any atom is -0.325 e. The summed E-state index contributed by atoms with van der Waals surface area (Å²) in [4.78, 5) is 11.6. The van der Waals surface area contributed by atoms with Gasteiger partial charge in [0.15, 0.2) is 0 Å². The van der Waals surface area contributed by atoms with Crippen molar-refractivity contribution in [2.24, 2.45) is 5.92 Å². The van der Waals surface area contributed by atoms with E-state index in [0.29, 0.717) is 9.26 Å². The molecule has 0 aromatic heterocycles. The molecule has 0 unspecified atom stereocenters. The summed E-state index contributed by atoms with van der Waals surface area (Å²) < 4.78 is 13.6. The minimum absolute atomic E-state index is 0.0183. The first kappa shape index (κ1) is 10.9. The molecule has 0 bridgehead atoms. The lowest BCUT2D eigenvalue weighted by Crippen LogP contribution is -2.28. The van der Waals surface area contributed by atoms with Crippen LogP contribution in [0.4, 0.5) is 10.1 Å². The van der Waals surface area contributed by atoms with Gasteiger partial charge in [0.2, 0.25) is 5.91 Å². The summed E-state index contributed by atoms with van der Waals surface area (Å²) >= 11 is 1.90. The van der Waals surface area contributed by atoms with Crippen molar-refractivity contribution in [2.75, 3.05) is 5.32 Å². The van der Waals surface area contributed by atoms with E-state index >= 15 is 0 Å². The number of carbonyl (C=O) groups is 1. The third-order valence-corrected chi connectivity index (χ3v) is 3.78. The Morgan fingerprint density at radius 2 is 2.20 bits per heavy atom. The topological polar surface area (TPSA) is 29.1 Å². The summed E-state index contributed by atoms with van der Waals surface area (Å²) in [6, 6.07) is 4.72. The van der Waals surface area contributed by atoms with E-state index in [-0.39, 0.29) is 17.6 Å². The van der Waals surface area contributed by atoms with Crippen molar-refractivity contribution >= 4 is 34.2 Å². The zero-order chi connectivity index (χ0) is 10.8. The Morgan fingerprint density at radius 1 is 1.47 bits per heavy atom. The van der Waals surface area contributed by atoms with Crippen molar-refractivity contribution in [1.82, 2.24) is 0 Å². The van der Waals surface area contributed by atoms with Crippen LogP contribution in [0.5, 0.6) is 0 Å². The number of hydrogen-bond donors (Lipinski definition) is 1. The van der Waals surface area contributed by atoms with Crippen LogP contribution in [0, 0.1) is 15.3 Å². The maximum atomic E-state index is 13.2. The predicted octanol–water partition coefficient (Wildman–Crippen LogP) is 3.17. The van der Waals surface area contributed by atoms with Gasteiger partial charge in [0.1, 0.15) is 5.82 Å². The Morgan fingerprint density at radius 3 is 2.80 bits per heavy atom. The maximum absolute atomic E-state index is 13.2. The van der Waals surface area contributed by atoms with Crippen LogP contribution in [0.1, 0.15) is 19.3 Å². The zero-order valence-corrected chi connectivity index (χ0v) is 10.3. The molecule has 0 saturated heterocycles. The van der Waals surface area contributed by atoms with Gasteiger partial charge >= 0.3 is 0 Å². The lowest BCUT2D eigenvalue weighted by Gasteiger charge is -2.24. The first-order valence-corrected chi connectivity index (χ1v) is 6.01. The molecule has 80 valence electrons. The largest absolute Gasteiger partial charge is 0.325 e. The highest BCUT2D eigenvalue weighted by atomic mass is 127. The van der Waals surface area contributed by atoms with E-state index in [1.54, 1.807) is 12.1 Å². The van der Waals surface area contributed by atoms with Gasteiger partial charge < -0.3 is 5.32 Å². The van der Waals surface area contributed by atoms with E-state index in [0.717, 1.165) is 19.3 Å². The van der Waals surface area contributed by atoms with Crippen molar-refractivity contribution in [3.05, 3.63) is 27.6 Å². The van der Waals surface area contributed by atoms with E-state index in [1.807, 2.05) is 22.6 Å². The van der Waals surface area contributed by atoms with Gasteiger partial charge in [-0.1, -0.05) is 12.5 Å². The Kier molecular flexibility index (Phi) is 3.23. The quantitative estimate of drug-likeness (QED) is 0.834. The molecule has 2 nitrogen and oxygen atoms in total. The second-order valence-corrected chi connectivity index (χ2v) is 4.80. The summed E-state index contributed by atoms with van der Waals surface area (Å²) in [6.07, 6.45) is 3.04. The molecule has 0 atom stereocenters. The number of nitrogens with one attached hydrogen (secondary N) is 1. The van der Waals surface area contributed by atoms with Gasteiger partial charge in [-0.3, -0.25) is 4.79 Å². The summed E-state index contributed by atoms with van der Waals surface area (Å²) in [5.41, 5.74) is 0.576. The molecular weight excluding hydrogens is 308 g/mol. The van der Waals surface area contributed by atoms with E-state index < -0.39 is 0 Å². The molecule has 1 N–H and O–H groups in total. The highest BCUT2D eigenvalue weighted by Gasteiger charge is 2.25. The highest BCUT2D eigenvalue weighted by molar-refractivity contribution is 14.1. The van der Waals surface area contributed by atoms with Crippen LogP contribution in [-0.2, 0) is 4.79 Å². The second kappa shape index (κ2) is 4.47. The van der Waals surface area contributed by atoms with Crippen LogP contribution in [0.25, 0.3) is 0 Å². The molecule has 1 aromatic carbocycles. The van der Waals surface area contributed by atoms with Gasteiger partial charge in [-0.05, 0) is 47.6 Å². The fourth-order valence-corrected chi connectivity index (χ4v) is 2.00. The predicted molar refractivity (Wildman–Crippen MR) is 65.1 cm³/mol. The van der Waals surface area contributed by atoms with E-state index in [9.17, 15) is 9.18 Å². The molecule has 1 amide bonds. The van der Waals surface area contributed by atoms with Gasteiger partial charge in [-0.25, -0.2) is 4.39 Å². The Bertz CT molecular complexity index is 390. The average Bonchev–Trinajstić information content (AvgIpc) is 2.10. The zero-order valence-electron chi connectivity index (χ0n) is 8.09. The molecule has 0 aliphatic heterocycles. The number of hydrogen-bond acceptors (Lipinski definition) is 1. The Hall–Kier alpha value is -0.650. The Balaban J connectivity index is 2.09.